The molecule has 0 heterocycles. The molecule has 1 aromatic carbocycles. The molecule has 0 atom stereocenters. The van der Waals surface area contributed by atoms with Crippen molar-refractivity contribution in [1.82, 2.24) is 4.72 Å². The maximum Gasteiger partial charge on any atom is 0.303 e. The fourth-order valence-electron chi connectivity index (χ4n) is 1.82. The number of hydrogen-bond donors (Lipinski definition) is 2. The predicted molar refractivity (Wildman–Crippen MR) is 77.1 cm³/mol. The molecule has 112 valence electrons. The van der Waals surface area contributed by atoms with Crippen molar-refractivity contribution in [3.05, 3.63) is 29.8 Å². The topological polar surface area (TPSA) is 83.5 Å². The zero-order chi connectivity index (χ0) is 15.0. The van der Waals surface area contributed by atoms with Crippen molar-refractivity contribution in [2.75, 3.05) is 6.54 Å². The molecular formula is C14H21NO4S. The van der Waals surface area contributed by atoms with Crippen LogP contribution in [-0.4, -0.2) is 26.0 Å². The number of aliphatic carboxylic acids is 1. The van der Waals surface area contributed by atoms with E-state index in [1.54, 1.807) is 12.1 Å². The Morgan fingerprint density at radius 2 is 1.85 bits per heavy atom. The molecule has 0 unspecified atom stereocenters. The van der Waals surface area contributed by atoms with Gasteiger partial charge in [0.15, 0.2) is 0 Å². The first-order chi connectivity index (χ1) is 9.45. The number of hydrogen-bond acceptors (Lipinski definition) is 3. The van der Waals surface area contributed by atoms with Crippen molar-refractivity contribution in [1.29, 1.82) is 0 Å². The number of benzene rings is 1. The lowest BCUT2D eigenvalue weighted by Gasteiger charge is -2.07. The molecule has 0 saturated carbocycles. The molecule has 6 heteroatoms. The van der Waals surface area contributed by atoms with E-state index in [1.807, 2.05) is 12.1 Å². The van der Waals surface area contributed by atoms with Crippen molar-refractivity contribution in [2.45, 2.75) is 43.9 Å². The van der Waals surface area contributed by atoms with Crippen molar-refractivity contribution < 1.29 is 18.3 Å². The lowest BCUT2D eigenvalue weighted by Crippen LogP contribution is -2.24. The van der Waals surface area contributed by atoms with E-state index in [0.29, 0.717) is 12.8 Å². The molecule has 0 aromatic heterocycles. The van der Waals surface area contributed by atoms with Gasteiger partial charge in [-0.2, -0.15) is 0 Å². The van der Waals surface area contributed by atoms with Gasteiger partial charge in [0.05, 0.1) is 4.90 Å². The van der Waals surface area contributed by atoms with Crippen LogP contribution < -0.4 is 4.72 Å². The number of nitrogens with one attached hydrogen (secondary N) is 1. The molecule has 1 rings (SSSR count). The van der Waals surface area contributed by atoms with E-state index in [1.165, 1.54) is 0 Å². The monoisotopic (exact) mass is 299 g/mol. The third-order valence-corrected chi connectivity index (χ3v) is 4.36. The Labute approximate surface area is 120 Å². The molecule has 1 aromatic rings. The summed E-state index contributed by atoms with van der Waals surface area (Å²) in [7, 11) is -3.49. The van der Waals surface area contributed by atoms with Crippen molar-refractivity contribution in [3.8, 4) is 0 Å². The summed E-state index contributed by atoms with van der Waals surface area (Å²) in [6.07, 6.45) is 3.00. The number of carboxylic acids is 1. The maximum atomic E-state index is 12.0. The van der Waals surface area contributed by atoms with Gasteiger partial charge in [-0.15, -0.1) is 0 Å². The second-order valence-corrected chi connectivity index (χ2v) is 6.41. The van der Waals surface area contributed by atoms with Crippen LogP contribution in [0, 0.1) is 0 Å². The largest absolute Gasteiger partial charge is 0.481 e. The van der Waals surface area contributed by atoms with E-state index in [4.69, 9.17) is 5.11 Å². The quantitative estimate of drug-likeness (QED) is 0.685. The lowest BCUT2D eigenvalue weighted by atomic mass is 10.1. The summed E-state index contributed by atoms with van der Waals surface area (Å²) in [6, 6.07) is 6.85. The second kappa shape index (κ2) is 8.01. The van der Waals surface area contributed by atoms with Crippen LogP contribution in [-0.2, 0) is 21.2 Å². The summed E-state index contributed by atoms with van der Waals surface area (Å²) >= 11 is 0. The van der Waals surface area contributed by atoms with E-state index < -0.39 is 16.0 Å². The third kappa shape index (κ3) is 5.71. The Kier molecular flexibility index (Phi) is 6.67. The third-order valence-electron chi connectivity index (χ3n) is 2.88. The van der Waals surface area contributed by atoms with Crippen LogP contribution in [0.4, 0.5) is 0 Å². The maximum absolute atomic E-state index is 12.0. The van der Waals surface area contributed by atoms with Gasteiger partial charge in [-0.1, -0.05) is 25.5 Å². The van der Waals surface area contributed by atoms with E-state index in [9.17, 15) is 13.2 Å². The van der Waals surface area contributed by atoms with Crippen LogP contribution in [0.5, 0.6) is 0 Å². The Morgan fingerprint density at radius 1 is 1.20 bits per heavy atom. The Morgan fingerprint density at radius 3 is 2.40 bits per heavy atom. The Balaban J connectivity index is 2.49. The molecule has 0 fully saturated rings. The summed E-state index contributed by atoms with van der Waals surface area (Å²) in [5.41, 5.74) is 1.12. The van der Waals surface area contributed by atoms with Gasteiger partial charge in [0.1, 0.15) is 0 Å². The highest BCUT2D eigenvalue weighted by atomic mass is 32.2. The zero-order valence-electron chi connectivity index (χ0n) is 11.6. The van der Waals surface area contributed by atoms with E-state index >= 15 is 0 Å². The zero-order valence-corrected chi connectivity index (χ0v) is 12.4. The minimum absolute atomic E-state index is 0.0629. The standard InChI is InChI=1S/C14H21NO4S/c1-2-5-12-7-9-13(10-8-12)20(18,19)15-11-4-3-6-14(16)17/h7-10,15H,2-6,11H2,1H3,(H,16,17). The van der Waals surface area contributed by atoms with Crippen LogP contribution >= 0.6 is 0 Å². The smallest absolute Gasteiger partial charge is 0.303 e. The Hall–Kier alpha value is -1.40. The van der Waals surface area contributed by atoms with Gasteiger partial charge in [0.2, 0.25) is 10.0 Å². The summed E-state index contributed by atoms with van der Waals surface area (Å²) in [4.78, 5) is 10.6. The average Bonchev–Trinajstić information content (AvgIpc) is 2.39. The van der Waals surface area contributed by atoms with Crippen molar-refractivity contribution >= 4 is 16.0 Å². The minimum atomic E-state index is -3.49. The van der Waals surface area contributed by atoms with E-state index in [0.717, 1.165) is 18.4 Å². The molecule has 20 heavy (non-hydrogen) atoms. The predicted octanol–water partition coefficient (Wildman–Crippen LogP) is 2.17. The molecule has 0 radical (unpaired) electrons. The van der Waals surface area contributed by atoms with Crippen LogP contribution in [0.3, 0.4) is 0 Å². The molecule has 0 bridgehead atoms. The van der Waals surface area contributed by atoms with Gasteiger partial charge in [0.25, 0.3) is 0 Å². The minimum Gasteiger partial charge on any atom is -0.481 e. The van der Waals surface area contributed by atoms with Crippen LogP contribution in [0.1, 0.15) is 38.2 Å². The van der Waals surface area contributed by atoms with Crippen molar-refractivity contribution in [3.63, 3.8) is 0 Å². The summed E-state index contributed by atoms with van der Waals surface area (Å²) in [6.45, 7) is 2.33. The molecule has 0 aliphatic heterocycles. The van der Waals surface area contributed by atoms with Crippen LogP contribution in [0.25, 0.3) is 0 Å². The van der Waals surface area contributed by atoms with Crippen LogP contribution in [0.2, 0.25) is 0 Å². The number of carbonyl (C=O) groups is 1. The number of rotatable bonds is 9. The normalized spacial score (nSPS) is 11.4. The van der Waals surface area contributed by atoms with Crippen molar-refractivity contribution in [2.24, 2.45) is 0 Å². The summed E-state index contributed by atoms with van der Waals surface area (Å²) in [5, 5.41) is 8.48. The molecule has 0 amide bonds. The first kappa shape index (κ1) is 16.7. The molecular weight excluding hydrogens is 278 g/mol. The molecule has 0 spiro atoms. The highest BCUT2D eigenvalue weighted by molar-refractivity contribution is 7.89. The molecule has 0 saturated heterocycles. The van der Waals surface area contributed by atoms with Gasteiger partial charge in [-0.3, -0.25) is 4.79 Å². The summed E-state index contributed by atoms with van der Waals surface area (Å²) in [5.74, 6) is -0.862. The molecule has 0 aliphatic rings. The van der Waals surface area contributed by atoms with Gasteiger partial charge < -0.3 is 5.11 Å². The van der Waals surface area contributed by atoms with Gasteiger partial charge in [-0.05, 0) is 37.0 Å². The number of sulfonamides is 1. The van der Waals surface area contributed by atoms with Gasteiger partial charge in [-0.25, -0.2) is 13.1 Å². The average molecular weight is 299 g/mol. The highest BCUT2D eigenvalue weighted by Gasteiger charge is 2.12. The second-order valence-electron chi connectivity index (χ2n) is 4.64. The van der Waals surface area contributed by atoms with Gasteiger partial charge >= 0.3 is 5.97 Å². The summed E-state index contributed by atoms with van der Waals surface area (Å²) < 4.78 is 26.4. The van der Waals surface area contributed by atoms with E-state index in [-0.39, 0.29) is 17.9 Å². The molecule has 0 aliphatic carbocycles. The SMILES string of the molecule is CCCc1ccc(S(=O)(=O)NCCCCC(=O)O)cc1. The molecule has 5 nitrogen and oxygen atoms in total. The fourth-order valence-corrected chi connectivity index (χ4v) is 2.89. The highest BCUT2D eigenvalue weighted by Crippen LogP contribution is 2.11. The van der Waals surface area contributed by atoms with E-state index in [2.05, 4.69) is 11.6 Å². The molecule has 2 N–H and O–H groups in total. The number of carboxylic acid groups (broad SMARTS) is 1. The fraction of sp³-hybridized carbons (Fsp3) is 0.500. The van der Waals surface area contributed by atoms with Gasteiger partial charge in [0, 0.05) is 13.0 Å². The first-order valence-corrected chi connectivity index (χ1v) is 8.24. The lowest BCUT2D eigenvalue weighted by molar-refractivity contribution is -0.137. The number of unbranched alkanes of at least 4 members (excludes halogenated alkanes) is 1. The Bertz CT molecular complexity index is 523. The number of aryl methyl sites for hydroxylation is 1. The van der Waals surface area contributed by atoms with Crippen LogP contribution in [0.15, 0.2) is 29.2 Å². The first-order valence-electron chi connectivity index (χ1n) is 6.76.